The first-order chi connectivity index (χ1) is 7.16. The monoisotopic (exact) mass is 208 g/mol. The highest BCUT2D eigenvalue weighted by Crippen LogP contribution is 2.18. The lowest BCUT2D eigenvalue weighted by molar-refractivity contribution is 0.152. The van der Waals surface area contributed by atoms with Crippen LogP contribution in [0.25, 0.3) is 11.4 Å². The second-order valence-corrected chi connectivity index (χ2v) is 3.14. The van der Waals surface area contributed by atoms with Crippen LogP contribution >= 0.6 is 0 Å². The standard InChI is InChI=1S/C10H9FN2O2/c1-6(14)10-12-9(13-15-10)7-2-4-8(11)5-3-7/h2-6,14H,1H3. The van der Waals surface area contributed by atoms with Crippen LogP contribution in [0.2, 0.25) is 0 Å². The van der Waals surface area contributed by atoms with E-state index >= 15 is 0 Å². The average molecular weight is 208 g/mol. The van der Waals surface area contributed by atoms with Gasteiger partial charge in [0, 0.05) is 5.56 Å². The minimum absolute atomic E-state index is 0.148. The molecule has 0 fully saturated rings. The molecule has 1 unspecified atom stereocenters. The second-order valence-electron chi connectivity index (χ2n) is 3.14. The molecule has 1 heterocycles. The molecular weight excluding hydrogens is 199 g/mol. The Morgan fingerprint density at radius 3 is 2.53 bits per heavy atom. The van der Waals surface area contributed by atoms with Gasteiger partial charge in [0.25, 0.3) is 5.89 Å². The maximum atomic E-state index is 12.6. The molecule has 1 aromatic carbocycles. The highest BCUT2D eigenvalue weighted by atomic mass is 19.1. The van der Waals surface area contributed by atoms with Crippen LogP contribution in [0.1, 0.15) is 18.9 Å². The number of aliphatic hydroxyl groups is 1. The van der Waals surface area contributed by atoms with Gasteiger partial charge in [-0.3, -0.25) is 0 Å². The number of halogens is 1. The van der Waals surface area contributed by atoms with Gasteiger partial charge in [-0.15, -0.1) is 0 Å². The molecule has 0 aliphatic heterocycles. The minimum atomic E-state index is -0.799. The molecule has 2 rings (SSSR count). The summed E-state index contributed by atoms with van der Waals surface area (Å²) in [5.41, 5.74) is 0.645. The maximum absolute atomic E-state index is 12.6. The zero-order valence-corrected chi connectivity index (χ0v) is 8.01. The molecular formula is C10H9FN2O2. The van der Waals surface area contributed by atoms with Crippen molar-refractivity contribution >= 4 is 0 Å². The zero-order chi connectivity index (χ0) is 10.8. The van der Waals surface area contributed by atoms with E-state index in [2.05, 4.69) is 10.1 Å². The first kappa shape index (κ1) is 9.79. The SMILES string of the molecule is CC(O)c1nc(-c2ccc(F)cc2)no1. The van der Waals surface area contributed by atoms with E-state index in [1.807, 2.05) is 0 Å². The van der Waals surface area contributed by atoms with Crippen molar-refractivity contribution < 1.29 is 14.0 Å². The second kappa shape index (κ2) is 3.78. The summed E-state index contributed by atoms with van der Waals surface area (Å²) >= 11 is 0. The van der Waals surface area contributed by atoms with Gasteiger partial charge in [0.05, 0.1) is 0 Å². The molecule has 78 valence electrons. The molecule has 5 heteroatoms. The van der Waals surface area contributed by atoms with Crippen molar-refractivity contribution in [2.24, 2.45) is 0 Å². The van der Waals surface area contributed by atoms with E-state index in [0.29, 0.717) is 11.4 Å². The molecule has 1 aromatic heterocycles. The first-order valence-electron chi connectivity index (χ1n) is 4.44. The van der Waals surface area contributed by atoms with E-state index in [9.17, 15) is 9.50 Å². The van der Waals surface area contributed by atoms with Gasteiger partial charge >= 0.3 is 0 Å². The number of rotatable bonds is 2. The van der Waals surface area contributed by atoms with Crippen LogP contribution in [0, 0.1) is 5.82 Å². The molecule has 2 aromatic rings. The van der Waals surface area contributed by atoms with E-state index in [1.54, 1.807) is 12.1 Å². The topological polar surface area (TPSA) is 59.2 Å². The Morgan fingerprint density at radius 2 is 2.00 bits per heavy atom. The predicted molar refractivity (Wildman–Crippen MR) is 50.3 cm³/mol. The number of hydrogen-bond donors (Lipinski definition) is 1. The molecule has 4 nitrogen and oxygen atoms in total. The fraction of sp³-hybridized carbons (Fsp3) is 0.200. The van der Waals surface area contributed by atoms with Crippen LogP contribution in [0.15, 0.2) is 28.8 Å². The molecule has 0 radical (unpaired) electrons. The molecule has 1 N–H and O–H groups in total. The highest BCUT2D eigenvalue weighted by Gasteiger charge is 2.12. The zero-order valence-electron chi connectivity index (χ0n) is 8.01. The minimum Gasteiger partial charge on any atom is -0.384 e. The van der Waals surface area contributed by atoms with Gasteiger partial charge in [-0.25, -0.2) is 4.39 Å². The van der Waals surface area contributed by atoms with Crippen LogP contribution in [-0.2, 0) is 0 Å². The molecule has 0 bridgehead atoms. The van der Waals surface area contributed by atoms with E-state index < -0.39 is 6.10 Å². The third kappa shape index (κ3) is 2.02. The molecule has 0 aliphatic rings. The first-order valence-corrected chi connectivity index (χ1v) is 4.44. The fourth-order valence-electron chi connectivity index (χ4n) is 1.12. The van der Waals surface area contributed by atoms with Crippen molar-refractivity contribution in [2.45, 2.75) is 13.0 Å². The van der Waals surface area contributed by atoms with Crippen LogP contribution in [0.4, 0.5) is 4.39 Å². The summed E-state index contributed by atoms with van der Waals surface area (Å²) in [6.45, 7) is 1.53. The Hall–Kier alpha value is -1.75. The van der Waals surface area contributed by atoms with Crippen molar-refractivity contribution in [3.8, 4) is 11.4 Å². The lowest BCUT2D eigenvalue weighted by Gasteiger charge is -1.93. The largest absolute Gasteiger partial charge is 0.384 e. The summed E-state index contributed by atoms with van der Waals surface area (Å²) in [4.78, 5) is 3.96. The molecule has 0 saturated heterocycles. The Kier molecular flexibility index (Phi) is 2.47. The lowest BCUT2D eigenvalue weighted by Crippen LogP contribution is -1.90. The predicted octanol–water partition coefficient (Wildman–Crippen LogP) is 1.93. The van der Waals surface area contributed by atoms with Gasteiger partial charge in [-0.1, -0.05) is 5.16 Å². The number of aliphatic hydroxyl groups excluding tert-OH is 1. The average Bonchev–Trinajstić information content (AvgIpc) is 2.68. The van der Waals surface area contributed by atoms with Crippen LogP contribution in [0.3, 0.4) is 0 Å². The van der Waals surface area contributed by atoms with Gasteiger partial charge in [0.15, 0.2) is 0 Å². The summed E-state index contributed by atoms with van der Waals surface area (Å²) in [5, 5.41) is 12.8. The fourth-order valence-corrected chi connectivity index (χ4v) is 1.12. The molecule has 0 aliphatic carbocycles. The normalized spacial score (nSPS) is 12.7. The van der Waals surface area contributed by atoms with Crippen molar-refractivity contribution in [2.75, 3.05) is 0 Å². The Balaban J connectivity index is 2.33. The number of hydrogen-bond acceptors (Lipinski definition) is 4. The molecule has 1 atom stereocenters. The molecule has 0 saturated carbocycles. The highest BCUT2D eigenvalue weighted by molar-refractivity contribution is 5.53. The van der Waals surface area contributed by atoms with Gasteiger partial charge in [-0.2, -0.15) is 4.98 Å². The number of benzene rings is 1. The molecule has 0 amide bonds. The van der Waals surface area contributed by atoms with E-state index in [0.717, 1.165) is 0 Å². The molecule has 15 heavy (non-hydrogen) atoms. The summed E-state index contributed by atoms with van der Waals surface area (Å²) in [7, 11) is 0. The van der Waals surface area contributed by atoms with Gasteiger partial charge in [0.1, 0.15) is 11.9 Å². The van der Waals surface area contributed by atoms with Crippen molar-refractivity contribution in [3.63, 3.8) is 0 Å². The summed E-state index contributed by atoms with van der Waals surface area (Å²) in [6, 6.07) is 5.72. The van der Waals surface area contributed by atoms with E-state index in [1.165, 1.54) is 19.1 Å². The number of aromatic nitrogens is 2. The smallest absolute Gasteiger partial charge is 0.255 e. The van der Waals surface area contributed by atoms with E-state index in [4.69, 9.17) is 4.52 Å². The van der Waals surface area contributed by atoms with Crippen LogP contribution < -0.4 is 0 Å². The molecule has 0 spiro atoms. The maximum Gasteiger partial charge on any atom is 0.255 e. The lowest BCUT2D eigenvalue weighted by atomic mass is 10.2. The summed E-state index contributed by atoms with van der Waals surface area (Å²) in [5.74, 6) is 0.165. The third-order valence-corrected chi connectivity index (χ3v) is 1.90. The Labute approximate surface area is 85.4 Å². The third-order valence-electron chi connectivity index (χ3n) is 1.90. The van der Waals surface area contributed by atoms with Crippen LogP contribution in [-0.4, -0.2) is 15.2 Å². The van der Waals surface area contributed by atoms with Crippen LogP contribution in [0.5, 0.6) is 0 Å². The number of nitrogens with zero attached hydrogens (tertiary/aromatic N) is 2. The van der Waals surface area contributed by atoms with Crippen molar-refractivity contribution in [1.82, 2.24) is 10.1 Å². The summed E-state index contributed by atoms with van der Waals surface area (Å²) < 4.78 is 17.4. The van der Waals surface area contributed by atoms with Gasteiger partial charge in [-0.05, 0) is 31.2 Å². The van der Waals surface area contributed by atoms with Gasteiger partial charge < -0.3 is 9.63 Å². The van der Waals surface area contributed by atoms with Crippen molar-refractivity contribution in [3.05, 3.63) is 36.0 Å². The van der Waals surface area contributed by atoms with E-state index in [-0.39, 0.29) is 11.7 Å². The summed E-state index contributed by atoms with van der Waals surface area (Å²) in [6.07, 6.45) is -0.799. The Morgan fingerprint density at radius 1 is 1.33 bits per heavy atom. The Bertz CT molecular complexity index is 451. The van der Waals surface area contributed by atoms with Crippen molar-refractivity contribution in [1.29, 1.82) is 0 Å². The van der Waals surface area contributed by atoms with Gasteiger partial charge in [0.2, 0.25) is 5.82 Å². The quantitative estimate of drug-likeness (QED) is 0.819.